The minimum atomic E-state index is -4.67. The van der Waals surface area contributed by atoms with Crippen molar-refractivity contribution in [3.05, 3.63) is 13.2 Å². The van der Waals surface area contributed by atoms with Gasteiger partial charge in [-0.1, -0.05) is 0 Å². The van der Waals surface area contributed by atoms with E-state index in [1.807, 2.05) is 0 Å². The first kappa shape index (κ1) is 23.6. The normalized spacial score (nSPS) is 6.89. The van der Waals surface area contributed by atoms with Gasteiger partial charge in [-0.15, -0.1) is 13.2 Å². The summed E-state index contributed by atoms with van der Waals surface area (Å²) in [5.74, 6) is 0. The fraction of sp³-hybridized carbons (Fsp3) is 0. The number of hydrogen-bond acceptors (Lipinski definition) is 3. The molecule has 0 spiro atoms. The molecule has 0 aromatic heterocycles. The van der Waals surface area contributed by atoms with Crippen molar-refractivity contribution in [2.45, 2.75) is 0 Å². The molecule has 0 fully saturated rings. The van der Waals surface area contributed by atoms with Crippen LogP contribution in [-0.2, 0) is 10.4 Å². The van der Waals surface area contributed by atoms with Crippen molar-refractivity contribution in [1.29, 1.82) is 0 Å². The second kappa shape index (κ2) is 10.5. The topological polar surface area (TPSA) is 141 Å². The molecule has 0 bridgehead atoms. The Morgan fingerprint density at radius 2 is 1.11 bits per heavy atom. The Labute approximate surface area is 53.7 Å². The Morgan fingerprint density at radius 1 is 1.11 bits per heavy atom. The summed E-state index contributed by atoms with van der Waals surface area (Å²) in [5, 5.41) is 0. The summed E-state index contributed by atoms with van der Waals surface area (Å²) in [6.45, 7) is 6.00. The second-order valence-corrected chi connectivity index (χ2v) is 1.34. The smallest absolute Gasteiger partial charge is 0.394 e. The van der Waals surface area contributed by atoms with Crippen LogP contribution in [0.5, 0.6) is 0 Å². The molecule has 0 aromatic rings. The summed E-state index contributed by atoms with van der Waals surface area (Å²) < 4.78 is 31.6. The summed E-state index contributed by atoms with van der Waals surface area (Å²) in [6.07, 6.45) is 0. The highest BCUT2D eigenvalue weighted by atomic mass is 32.3. The quantitative estimate of drug-likeness (QED) is 0.324. The minimum absolute atomic E-state index is 0. The van der Waals surface area contributed by atoms with Crippen LogP contribution in [-0.4, -0.2) is 23.0 Å². The lowest BCUT2D eigenvalue weighted by molar-refractivity contribution is 0.381. The SMILES string of the molecule is C=C.N.O.O=S(=O)(O)O. The van der Waals surface area contributed by atoms with Gasteiger partial charge in [0.1, 0.15) is 0 Å². The molecule has 0 heterocycles. The molecule has 0 aliphatic heterocycles. The Hall–Kier alpha value is -0.470. The monoisotopic (exact) mass is 161 g/mol. The van der Waals surface area contributed by atoms with Crippen molar-refractivity contribution in [3.8, 4) is 0 Å². The lowest BCUT2D eigenvalue weighted by Gasteiger charge is -1.68. The predicted molar refractivity (Wildman–Crippen MR) is 34.1 cm³/mol. The van der Waals surface area contributed by atoms with Crippen LogP contribution in [0.15, 0.2) is 13.2 Å². The van der Waals surface area contributed by atoms with Gasteiger partial charge in [0, 0.05) is 0 Å². The zero-order valence-corrected chi connectivity index (χ0v) is 5.56. The summed E-state index contributed by atoms with van der Waals surface area (Å²) >= 11 is 0. The van der Waals surface area contributed by atoms with Crippen LogP contribution in [0, 0.1) is 0 Å². The van der Waals surface area contributed by atoms with Gasteiger partial charge in [0.25, 0.3) is 0 Å². The maximum Gasteiger partial charge on any atom is 0.394 e. The average molecular weight is 161 g/mol. The van der Waals surface area contributed by atoms with E-state index in [2.05, 4.69) is 13.2 Å². The van der Waals surface area contributed by atoms with E-state index in [-0.39, 0.29) is 11.6 Å². The average Bonchev–Trinajstić information content (AvgIpc) is 1.36. The highest BCUT2D eigenvalue weighted by Gasteiger charge is 1.84. The van der Waals surface area contributed by atoms with Crippen LogP contribution >= 0.6 is 0 Å². The first-order chi connectivity index (χ1) is 3.00. The molecule has 0 unspecified atom stereocenters. The van der Waals surface area contributed by atoms with Gasteiger partial charge < -0.3 is 11.6 Å². The highest BCUT2D eigenvalue weighted by molar-refractivity contribution is 7.79. The van der Waals surface area contributed by atoms with E-state index in [0.29, 0.717) is 0 Å². The third-order valence-corrected chi connectivity index (χ3v) is 0. The molecule has 0 rings (SSSR count). The Morgan fingerprint density at radius 3 is 1.11 bits per heavy atom. The zero-order chi connectivity index (χ0) is 6.50. The van der Waals surface area contributed by atoms with Gasteiger partial charge in [-0.25, -0.2) is 0 Å². The lowest BCUT2D eigenvalue weighted by Crippen LogP contribution is -1.89. The number of rotatable bonds is 0. The minimum Gasteiger partial charge on any atom is -0.412 e. The van der Waals surface area contributed by atoms with Gasteiger partial charge in [-0.2, -0.15) is 8.42 Å². The zero-order valence-electron chi connectivity index (χ0n) is 4.74. The highest BCUT2D eigenvalue weighted by Crippen LogP contribution is 1.59. The van der Waals surface area contributed by atoms with Crippen molar-refractivity contribution < 1.29 is 23.0 Å². The van der Waals surface area contributed by atoms with E-state index < -0.39 is 10.4 Å². The van der Waals surface area contributed by atoms with Crippen molar-refractivity contribution in [2.24, 2.45) is 0 Å². The van der Waals surface area contributed by atoms with Crippen molar-refractivity contribution in [3.63, 3.8) is 0 Å². The van der Waals surface area contributed by atoms with Crippen molar-refractivity contribution >= 4 is 10.4 Å². The van der Waals surface area contributed by atoms with Crippen LogP contribution < -0.4 is 6.15 Å². The Balaban J connectivity index is -0.0000000286. The van der Waals surface area contributed by atoms with Gasteiger partial charge in [0.05, 0.1) is 0 Å². The van der Waals surface area contributed by atoms with Crippen molar-refractivity contribution in [1.82, 2.24) is 6.15 Å². The fourth-order valence-electron chi connectivity index (χ4n) is 0. The molecule has 6 nitrogen and oxygen atoms in total. The number of hydrogen-bond donors (Lipinski definition) is 3. The van der Waals surface area contributed by atoms with E-state index in [1.165, 1.54) is 0 Å². The molecule has 9 heavy (non-hydrogen) atoms. The van der Waals surface area contributed by atoms with Crippen LogP contribution in [0.3, 0.4) is 0 Å². The van der Waals surface area contributed by atoms with Gasteiger partial charge in [0.15, 0.2) is 0 Å². The van der Waals surface area contributed by atoms with Crippen LogP contribution in [0.2, 0.25) is 0 Å². The Kier molecular flexibility index (Phi) is 27.5. The fourth-order valence-corrected chi connectivity index (χ4v) is 0. The molecule has 7 heteroatoms. The molecule has 0 saturated carbocycles. The van der Waals surface area contributed by atoms with Crippen LogP contribution in [0.4, 0.5) is 0 Å². The maximum atomic E-state index is 8.74. The molecule has 0 aliphatic rings. The molecule has 0 aliphatic carbocycles. The van der Waals surface area contributed by atoms with E-state index >= 15 is 0 Å². The van der Waals surface area contributed by atoms with E-state index in [9.17, 15) is 0 Å². The van der Waals surface area contributed by atoms with Crippen LogP contribution in [0.1, 0.15) is 0 Å². The molecule has 0 aromatic carbocycles. The summed E-state index contributed by atoms with van der Waals surface area (Å²) in [4.78, 5) is 0. The second-order valence-electron chi connectivity index (χ2n) is 0.448. The van der Waals surface area contributed by atoms with E-state index in [1.54, 1.807) is 0 Å². The largest absolute Gasteiger partial charge is 0.412 e. The first-order valence-electron chi connectivity index (χ1n) is 1.20. The van der Waals surface area contributed by atoms with Crippen LogP contribution in [0.25, 0.3) is 0 Å². The van der Waals surface area contributed by atoms with E-state index in [4.69, 9.17) is 17.5 Å². The van der Waals surface area contributed by atoms with Gasteiger partial charge >= 0.3 is 10.4 Å². The standard InChI is InChI=1S/C2H4.H3N.H2O4S.H2O/c1-2;;1-5(2,3)4;/h1-2H2;1H3;(H2,1,2,3,4);1H2. The summed E-state index contributed by atoms with van der Waals surface area (Å²) in [7, 11) is -4.67. The first-order valence-corrected chi connectivity index (χ1v) is 2.60. The van der Waals surface area contributed by atoms with Crippen molar-refractivity contribution in [2.75, 3.05) is 0 Å². The molecular formula is C2H11NO5S. The van der Waals surface area contributed by atoms with E-state index in [0.717, 1.165) is 0 Å². The van der Waals surface area contributed by atoms with Gasteiger partial charge in [-0.3, -0.25) is 9.11 Å². The molecule has 0 atom stereocenters. The molecule has 0 saturated heterocycles. The predicted octanol–water partition coefficient (Wildman–Crippen LogP) is -0.513. The Bertz CT molecular complexity index is 109. The lowest BCUT2D eigenvalue weighted by atomic mass is 11.3. The summed E-state index contributed by atoms with van der Waals surface area (Å²) in [5.41, 5.74) is 0. The molecule has 0 radical (unpaired) electrons. The molecule has 0 amide bonds. The third-order valence-electron chi connectivity index (χ3n) is 0. The summed E-state index contributed by atoms with van der Waals surface area (Å²) in [6, 6.07) is 0. The maximum absolute atomic E-state index is 8.74. The van der Waals surface area contributed by atoms with Gasteiger partial charge in [-0.05, 0) is 0 Å². The third kappa shape index (κ3) is 1040. The molecular weight excluding hydrogens is 150 g/mol. The molecule has 60 valence electrons. The van der Waals surface area contributed by atoms with Gasteiger partial charge in [0.2, 0.25) is 0 Å². The molecule has 7 N–H and O–H groups in total.